The summed E-state index contributed by atoms with van der Waals surface area (Å²) in [6, 6.07) is 0. The Balaban J connectivity index is 3.39. The van der Waals surface area contributed by atoms with Gasteiger partial charge in [-0.25, -0.2) is 9.59 Å². The van der Waals surface area contributed by atoms with Crippen LogP contribution in [0.5, 0.6) is 0 Å². The van der Waals surface area contributed by atoms with Crippen molar-refractivity contribution in [2.45, 2.75) is 116 Å². The number of aliphatic carboxylic acids is 1. The summed E-state index contributed by atoms with van der Waals surface area (Å²) in [5, 5.41) is 17.5. The first-order valence-corrected chi connectivity index (χ1v) is 12.4. The standard InChI is InChI=1S/C26H46O5/c1-23(25(28)29)19-15-11-8-6-10-14-18-22-31-26(30)24(2)20-16-12-7-4-3-5-9-13-17-21-27/h27H,1-22H2,(H,28,29). The molecule has 0 fully saturated rings. The minimum Gasteiger partial charge on any atom is -0.478 e. The van der Waals surface area contributed by atoms with Crippen LogP contribution in [-0.4, -0.2) is 35.4 Å². The average Bonchev–Trinajstić information content (AvgIpc) is 2.75. The topological polar surface area (TPSA) is 83.8 Å². The number of carboxylic acid groups (broad SMARTS) is 1. The van der Waals surface area contributed by atoms with Crippen LogP contribution in [0.15, 0.2) is 24.3 Å². The minimum absolute atomic E-state index is 0.248. The smallest absolute Gasteiger partial charge is 0.333 e. The van der Waals surface area contributed by atoms with E-state index in [1.54, 1.807) is 0 Å². The molecule has 0 radical (unpaired) electrons. The Morgan fingerprint density at radius 1 is 0.581 bits per heavy atom. The molecule has 0 aliphatic rings. The van der Waals surface area contributed by atoms with Gasteiger partial charge in [0.25, 0.3) is 0 Å². The second-order valence-corrected chi connectivity index (χ2v) is 8.53. The molecule has 5 heteroatoms. The van der Waals surface area contributed by atoms with Crippen molar-refractivity contribution in [1.82, 2.24) is 0 Å². The fourth-order valence-electron chi connectivity index (χ4n) is 3.49. The first-order valence-electron chi connectivity index (χ1n) is 12.4. The average molecular weight is 439 g/mol. The Bertz CT molecular complexity index is 498. The lowest BCUT2D eigenvalue weighted by molar-refractivity contribution is -0.139. The maximum absolute atomic E-state index is 12.0. The van der Waals surface area contributed by atoms with Gasteiger partial charge in [0.05, 0.1) is 6.61 Å². The highest BCUT2D eigenvalue weighted by Gasteiger charge is 2.08. The van der Waals surface area contributed by atoms with E-state index in [0.717, 1.165) is 77.0 Å². The summed E-state index contributed by atoms with van der Waals surface area (Å²) in [5.74, 6) is -1.14. The predicted molar refractivity (Wildman–Crippen MR) is 127 cm³/mol. The Morgan fingerprint density at radius 2 is 0.968 bits per heavy atom. The predicted octanol–water partition coefficient (Wildman–Crippen LogP) is 6.74. The van der Waals surface area contributed by atoms with E-state index in [4.69, 9.17) is 14.9 Å². The first-order chi connectivity index (χ1) is 15.0. The van der Waals surface area contributed by atoms with Gasteiger partial charge in [0.2, 0.25) is 0 Å². The van der Waals surface area contributed by atoms with Crippen LogP contribution in [0.25, 0.3) is 0 Å². The largest absolute Gasteiger partial charge is 0.478 e. The molecule has 31 heavy (non-hydrogen) atoms. The number of hydrogen-bond donors (Lipinski definition) is 2. The van der Waals surface area contributed by atoms with E-state index < -0.39 is 5.97 Å². The molecule has 0 heterocycles. The molecule has 0 aromatic rings. The third-order valence-corrected chi connectivity index (χ3v) is 5.58. The number of ether oxygens (including phenoxy) is 1. The van der Waals surface area contributed by atoms with E-state index in [0.29, 0.717) is 30.8 Å². The highest BCUT2D eigenvalue weighted by molar-refractivity contribution is 5.87. The van der Waals surface area contributed by atoms with Gasteiger partial charge < -0.3 is 14.9 Å². The molecule has 0 spiro atoms. The van der Waals surface area contributed by atoms with Crippen molar-refractivity contribution in [3.63, 3.8) is 0 Å². The molecule has 0 amide bonds. The molecule has 5 nitrogen and oxygen atoms in total. The second-order valence-electron chi connectivity index (χ2n) is 8.53. The molecule has 0 atom stereocenters. The van der Waals surface area contributed by atoms with Gasteiger partial charge in [-0.2, -0.15) is 0 Å². The summed E-state index contributed by atoms with van der Waals surface area (Å²) in [5.41, 5.74) is 0.886. The number of carbonyl (C=O) groups is 2. The number of aliphatic hydroxyl groups is 1. The normalized spacial score (nSPS) is 10.7. The lowest BCUT2D eigenvalue weighted by atomic mass is 10.0. The quantitative estimate of drug-likeness (QED) is 0.105. The SMILES string of the molecule is C=C(CCCCCCCCCOC(=O)C(=C)CCCCCCCCCCCO)C(=O)O. The Morgan fingerprint density at radius 3 is 1.42 bits per heavy atom. The number of aliphatic hydroxyl groups excluding tert-OH is 1. The zero-order valence-electron chi connectivity index (χ0n) is 19.7. The maximum atomic E-state index is 12.0. The zero-order chi connectivity index (χ0) is 23.2. The van der Waals surface area contributed by atoms with Gasteiger partial charge in [-0.15, -0.1) is 0 Å². The summed E-state index contributed by atoms with van der Waals surface area (Å²) in [4.78, 5) is 22.6. The van der Waals surface area contributed by atoms with Gasteiger partial charge in [-0.05, 0) is 38.5 Å². The van der Waals surface area contributed by atoms with Crippen LogP contribution >= 0.6 is 0 Å². The molecular formula is C26H46O5. The molecule has 0 aromatic heterocycles. The lowest BCUT2D eigenvalue weighted by Crippen LogP contribution is -2.08. The third-order valence-electron chi connectivity index (χ3n) is 5.58. The number of rotatable bonds is 23. The third kappa shape index (κ3) is 20.1. The van der Waals surface area contributed by atoms with Crippen LogP contribution in [0.1, 0.15) is 116 Å². The van der Waals surface area contributed by atoms with Crippen LogP contribution in [0.3, 0.4) is 0 Å². The fraction of sp³-hybridized carbons (Fsp3) is 0.769. The highest BCUT2D eigenvalue weighted by atomic mass is 16.5. The van der Waals surface area contributed by atoms with Crippen molar-refractivity contribution in [3.8, 4) is 0 Å². The van der Waals surface area contributed by atoms with E-state index in [-0.39, 0.29) is 5.97 Å². The van der Waals surface area contributed by atoms with E-state index in [1.807, 2.05) is 0 Å². The second kappa shape index (κ2) is 21.6. The Labute approximate surface area is 190 Å². The van der Waals surface area contributed by atoms with Gasteiger partial charge in [0.15, 0.2) is 0 Å². The van der Waals surface area contributed by atoms with Crippen LogP contribution in [0.2, 0.25) is 0 Å². The van der Waals surface area contributed by atoms with Crippen LogP contribution < -0.4 is 0 Å². The molecule has 180 valence electrons. The van der Waals surface area contributed by atoms with Crippen molar-refractivity contribution in [3.05, 3.63) is 24.3 Å². The molecule has 2 N–H and O–H groups in total. The summed E-state index contributed by atoms with van der Waals surface area (Å²) >= 11 is 0. The monoisotopic (exact) mass is 438 g/mol. The van der Waals surface area contributed by atoms with E-state index in [2.05, 4.69) is 13.2 Å². The summed E-state index contributed by atoms with van der Waals surface area (Å²) in [6.45, 7) is 8.18. The van der Waals surface area contributed by atoms with Crippen molar-refractivity contribution < 1.29 is 24.5 Å². The number of carbonyl (C=O) groups excluding carboxylic acids is 1. The number of carboxylic acids is 1. The Hall–Kier alpha value is -1.62. The molecule has 0 aromatic carbocycles. The van der Waals surface area contributed by atoms with Crippen molar-refractivity contribution >= 4 is 11.9 Å². The summed E-state index contributed by atoms with van der Waals surface area (Å²) in [6.07, 6.45) is 18.8. The molecule has 0 aliphatic heterocycles. The summed E-state index contributed by atoms with van der Waals surface area (Å²) in [7, 11) is 0. The van der Waals surface area contributed by atoms with Gasteiger partial charge >= 0.3 is 11.9 Å². The molecule has 0 saturated carbocycles. The van der Waals surface area contributed by atoms with Gasteiger partial charge in [0, 0.05) is 17.8 Å². The van der Waals surface area contributed by atoms with E-state index in [9.17, 15) is 9.59 Å². The zero-order valence-corrected chi connectivity index (χ0v) is 19.7. The van der Waals surface area contributed by atoms with Crippen molar-refractivity contribution in [2.24, 2.45) is 0 Å². The van der Waals surface area contributed by atoms with Crippen LogP contribution in [0, 0.1) is 0 Å². The molecule has 0 rings (SSSR count). The van der Waals surface area contributed by atoms with Gasteiger partial charge in [0.1, 0.15) is 0 Å². The molecule has 0 saturated heterocycles. The van der Waals surface area contributed by atoms with Gasteiger partial charge in [-0.3, -0.25) is 0 Å². The minimum atomic E-state index is -0.894. The Kier molecular flexibility index (Phi) is 20.5. The van der Waals surface area contributed by atoms with Crippen molar-refractivity contribution in [1.29, 1.82) is 0 Å². The number of hydrogen-bond acceptors (Lipinski definition) is 4. The first kappa shape index (κ1) is 29.4. The highest BCUT2D eigenvalue weighted by Crippen LogP contribution is 2.14. The van der Waals surface area contributed by atoms with Crippen LogP contribution in [-0.2, 0) is 14.3 Å². The molecule has 0 bridgehead atoms. The summed E-state index contributed by atoms with van der Waals surface area (Å²) < 4.78 is 5.32. The molecule has 0 aliphatic carbocycles. The molecule has 0 unspecified atom stereocenters. The van der Waals surface area contributed by atoms with Crippen molar-refractivity contribution in [2.75, 3.05) is 13.2 Å². The van der Waals surface area contributed by atoms with Crippen LogP contribution in [0.4, 0.5) is 0 Å². The van der Waals surface area contributed by atoms with E-state index in [1.165, 1.54) is 32.1 Å². The number of unbranched alkanes of at least 4 members (excludes halogenated alkanes) is 14. The van der Waals surface area contributed by atoms with Gasteiger partial charge in [-0.1, -0.05) is 90.2 Å². The molecular weight excluding hydrogens is 392 g/mol. The lowest BCUT2D eigenvalue weighted by Gasteiger charge is -2.07. The van der Waals surface area contributed by atoms with E-state index >= 15 is 0 Å². The fourth-order valence-corrected chi connectivity index (χ4v) is 3.49. The number of esters is 1. The maximum Gasteiger partial charge on any atom is 0.333 e.